The second-order valence-corrected chi connectivity index (χ2v) is 6.33. The Morgan fingerprint density at radius 1 is 1.36 bits per heavy atom. The van der Waals surface area contributed by atoms with Crippen LogP contribution >= 0.6 is 0 Å². The minimum Gasteiger partial charge on any atom is -0.229 e. The lowest BCUT2D eigenvalue weighted by Crippen LogP contribution is -2.24. The summed E-state index contributed by atoms with van der Waals surface area (Å²) in [7, 11) is -2.70. The van der Waals surface area contributed by atoms with Crippen LogP contribution in [0.3, 0.4) is 0 Å². The highest BCUT2D eigenvalue weighted by Crippen LogP contribution is 2.38. The fraction of sp³-hybridized carbons (Fsp3) is 1.00. The maximum absolute atomic E-state index is 11.2. The van der Waals surface area contributed by atoms with Gasteiger partial charge in [0, 0.05) is 0 Å². The van der Waals surface area contributed by atoms with Crippen LogP contribution in [-0.2, 0) is 9.84 Å². The van der Waals surface area contributed by atoms with Gasteiger partial charge in [-0.2, -0.15) is 0 Å². The van der Waals surface area contributed by atoms with Crippen LogP contribution in [0.1, 0.15) is 27.2 Å². The van der Waals surface area contributed by atoms with Crippen LogP contribution in [0.2, 0.25) is 0 Å². The van der Waals surface area contributed by atoms with Crippen LogP contribution in [-0.4, -0.2) is 19.9 Å². The molecule has 1 rings (SSSR count). The van der Waals surface area contributed by atoms with Crippen molar-refractivity contribution >= 4 is 9.84 Å². The molecule has 1 fully saturated rings. The molecule has 0 aromatic heterocycles. The van der Waals surface area contributed by atoms with E-state index < -0.39 is 9.84 Å². The molecule has 1 aliphatic heterocycles. The van der Waals surface area contributed by atoms with Gasteiger partial charge in [0.15, 0.2) is 9.84 Å². The Kier molecular flexibility index (Phi) is 2.03. The van der Waals surface area contributed by atoms with Gasteiger partial charge in [-0.1, -0.05) is 20.8 Å². The lowest BCUT2D eigenvalue weighted by Gasteiger charge is -2.26. The first-order chi connectivity index (χ1) is 4.86. The highest BCUT2D eigenvalue weighted by atomic mass is 32.2. The van der Waals surface area contributed by atoms with Crippen LogP contribution in [0, 0.1) is 11.3 Å². The Balaban J connectivity index is 2.82. The van der Waals surface area contributed by atoms with Gasteiger partial charge < -0.3 is 0 Å². The van der Waals surface area contributed by atoms with Gasteiger partial charge in [0.1, 0.15) is 0 Å². The molecule has 0 bridgehead atoms. The molecule has 0 aliphatic carbocycles. The van der Waals surface area contributed by atoms with Crippen LogP contribution in [0.5, 0.6) is 0 Å². The van der Waals surface area contributed by atoms with Crippen LogP contribution in [0.25, 0.3) is 0 Å². The van der Waals surface area contributed by atoms with Crippen molar-refractivity contribution in [3.63, 3.8) is 0 Å². The van der Waals surface area contributed by atoms with E-state index in [0.717, 1.165) is 6.42 Å². The van der Waals surface area contributed by atoms with E-state index in [9.17, 15) is 8.42 Å². The number of sulfone groups is 1. The summed E-state index contributed by atoms with van der Waals surface area (Å²) in [6.45, 7) is 6.27. The van der Waals surface area contributed by atoms with Crippen molar-refractivity contribution in [1.82, 2.24) is 0 Å². The molecule has 0 N–H and O–H groups in total. The first kappa shape index (κ1) is 9.04. The average molecular weight is 176 g/mol. The number of hydrogen-bond acceptors (Lipinski definition) is 2. The highest BCUT2D eigenvalue weighted by molar-refractivity contribution is 7.91. The third-order valence-electron chi connectivity index (χ3n) is 2.93. The Labute approximate surface area is 68.9 Å². The molecule has 0 aromatic carbocycles. The van der Waals surface area contributed by atoms with E-state index >= 15 is 0 Å². The Morgan fingerprint density at radius 2 is 1.91 bits per heavy atom. The summed E-state index contributed by atoms with van der Waals surface area (Å²) >= 11 is 0. The summed E-state index contributed by atoms with van der Waals surface area (Å²) in [6, 6.07) is 0. The summed E-state index contributed by atoms with van der Waals surface area (Å²) in [5.41, 5.74) is 0.0405. The Hall–Kier alpha value is -0.0500. The van der Waals surface area contributed by atoms with E-state index in [-0.39, 0.29) is 5.41 Å². The molecule has 1 atom stereocenters. The highest BCUT2D eigenvalue weighted by Gasteiger charge is 2.40. The maximum atomic E-state index is 11.2. The van der Waals surface area contributed by atoms with Crippen molar-refractivity contribution in [3.05, 3.63) is 0 Å². The molecule has 0 radical (unpaired) electrons. The molecular weight excluding hydrogens is 160 g/mol. The normalized spacial score (nSPS) is 36.4. The molecule has 0 saturated carbocycles. The van der Waals surface area contributed by atoms with Gasteiger partial charge >= 0.3 is 0 Å². The molecule has 0 amide bonds. The summed E-state index contributed by atoms with van der Waals surface area (Å²) in [5.74, 6) is 1.25. The lowest BCUT2D eigenvalue weighted by atomic mass is 9.79. The zero-order chi connectivity index (χ0) is 8.70. The summed E-state index contributed by atoms with van der Waals surface area (Å²) < 4.78 is 22.3. The SMILES string of the molecule is CC(C)C1(C)CCS(=O)(=O)C1. The standard InChI is InChI=1S/C8H16O2S/c1-7(2)8(3)4-5-11(9,10)6-8/h7H,4-6H2,1-3H3. The van der Waals surface area contributed by atoms with Crippen molar-refractivity contribution in [2.75, 3.05) is 11.5 Å². The minimum absolute atomic E-state index is 0.0405. The minimum atomic E-state index is -2.70. The van der Waals surface area contributed by atoms with E-state index in [1.807, 2.05) is 0 Å². The molecule has 0 spiro atoms. The second-order valence-electron chi connectivity index (χ2n) is 4.15. The van der Waals surface area contributed by atoms with Gasteiger partial charge in [0.05, 0.1) is 11.5 Å². The molecule has 1 saturated heterocycles. The summed E-state index contributed by atoms with van der Waals surface area (Å²) in [5, 5.41) is 0. The fourth-order valence-electron chi connectivity index (χ4n) is 1.49. The predicted octanol–water partition coefficient (Wildman–Crippen LogP) is 1.47. The van der Waals surface area contributed by atoms with Gasteiger partial charge in [0.2, 0.25) is 0 Å². The zero-order valence-electron chi connectivity index (χ0n) is 7.42. The zero-order valence-corrected chi connectivity index (χ0v) is 8.24. The van der Waals surface area contributed by atoms with Gasteiger partial charge in [-0.05, 0) is 17.8 Å². The van der Waals surface area contributed by atoms with Crippen molar-refractivity contribution in [3.8, 4) is 0 Å². The summed E-state index contributed by atoms with van der Waals surface area (Å²) in [6.07, 6.45) is 0.840. The van der Waals surface area contributed by atoms with Crippen molar-refractivity contribution in [2.45, 2.75) is 27.2 Å². The first-order valence-electron chi connectivity index (χ1n) is 4.06. The van der Waals surface area contributed by atoms with Crippen LogP contribution in [0.4, 0.5) is 0 Å². The second kappa shape index (κ2) is 2.47. The topological polar surface area (TPSA) is 34.1 Å². The van der Waals surface area contributed by atoms with Gasteiger partial charge in [-0.3, -0.25) is 0 Å². The molecule has 2 nitrogen and oxygen atoms in total. The number of hydrogen-bond donors (Lipinski definition) is 0. The Morgan fingerprint density at radius 3 is 2.09 bits per heavy atom. The molecule has 1 aliphatic rings. The average Bonchev–Trinajstić information content (AvgIpc) is 2.08. The molecule has 0 aromatic rings. The molecular formula is C8H16O2S. The van der Waals surface area contributed by atoms with E-state index in [1.54, 1.807) is 0 Å². The van der Waals surface area contributed by atoms with E-state index in [1.165, 1.54) is 0 Å². The fourth-order valence-corrected chi connectivity index (χ4v) is 3.89. The van der Waals surface area contributed by atoms with Crippen LogP contribution in [0.15, 0.2) is 0 Å². The maximum Gasteiger partial charge on any atom is 0.150 e. The van der Waals surface area contributed by atoms with Crippen molar-refractivity contribution in [2.24, 2.45) is 11.3 Å². The molecule has 66 valence electrons. The number of rotatable bonds is 1. The van der Waals surface area contributed by atoms with Crippen molar-refractivity contribution in [1.29, 1.82) is 0 Å². The lowest BCUT2D eigenvalue weighted by molar-refractivity contribution is 0.259. The van der Waals surface area contributed by atoms with Crippen LogP contribution < -0.4 is 0 Å². The molecule has 3 heteroatoms. The van der Waals surface area contributed by atoms with E-state index in [4.69, 9.17) is 0 Å². The first-order valence-corrected chi connectivity index (χ1v) is 5.88. The molecule has 1 heterocycles. The quantitative estimate of drug-likeness (QED) is 0.606. The monoisotopic (exact) mass is 176 g/mol. The molecule has 11 heavy (non-hydrogen) atoms. The Bertz CT molecular complexity index is 241. The van der Waals surface area contributed by atoms with Crippen molar-refractivity contribution < 1.29 is 8.42 Å². The van der Waals surface area contributed by atoms with Gasteiger partial charge in [-0.15, -0.1) is 0 Å². The van der Waals surface area contributed by atoms with E-state index in [2.05, 4.69) is 20.8 Å². The smallest absolute Gasteiger partial charge is 0.150 e. The third kappa shape index (κ3) is 1.75. The molecule has 1 unspecified atom stereocenters. The predicted molar refractivity (Wildman–Crippen MR) is 46.2 cm³/mol. The largest absolute Gasteiger partial charge is 0.229 e. The van der Waals surface area contributed by atoms with Gasteiger partial charge in [-0.25, -0.2) is 8.42 Å². The van der Waals surface area contributed by atoms with Gasteiger partial charge in [0.25, 0.3) is 0 Å². The summed E-state index contributed by atoms with van der Waals surface area (Å²) in [4.78, 5) is 0. The van der Waals surface area contributed by atoms with E-state index in [0.29, 0.717) is 17.4 Å². The third-order valence-corrected chi connectivity index (χ3v) is 4.85.